The first kappa shape index (κ1) is 13.8. The molecule has 1 N–H and O–H groups in total. The van der Waals surface area contributed by atoms with Crippen molar-refractivity contribution >= 4 is 0 Å². The van der Waals surface area contributed by atoms with Crippen LogP contribution in [0.5, 0.6) is 11.5 Å². The van der Waals surface area contributed by atoms with Gasteiger partial charge in [0.15, 0.2) is 11.5 Å². The van der Waals surface area contributed by atoms with Gasteiger partial charge in [0, 0.05) is 12.6 Å². The maximum Gasteiger partial charge on any atom is 0.161 e. The lowest BCUT2D eigenvalue weighted by Gasteiger charge is -2.14. The molecule has 0 unspecified atom stereocenters. The highest BCUT2D eigenvalue weighted by Gasteiger charge is 2.05. The Hall–Kier alpha value is -1.22. The predicted molar refractivity (Wildman–Crippen MR) is 70.8 cm³/mol. The molecule has 0 aliphatic heterocycles. The Morgan fingerprint density at radius 1 is 1.24 bits per heavy atom. The summed E-state index contributed by atoms with van der Waals surface area (Å²) in [4.78, 5) is 0. The summed E-state index contributed by atoms with van der Waals surface area (Å²) in [5.41, 5.74) is 1.21. The summed E-state index contributed by atoms with van der Waals surface area (Å²) >= 11 is 0. The van der Waals surface area contributed by atoms with E-state index in [1.54, 1.807) is 7.11 Å². The summed E-state index contributed by atoms with van der Waals surface area (Å²) in [6.45, 7) is 7.85. The Labute approximate surface area is 104 Å². The quantitative estimate of drug-likeness (QED) is 0.791. The lowest BCUT2D eigenvalue weighted by Crippen LogP contribution is -2.24. The first-order valence-corrected chi connectivity index (χ1v) is 6.24. The van der Waals surface area contributed by atoms with E-state index in [-0.39, 0.29) is 0 Å². The number of hydrogen-bond donors (Lipinski definition) is 1. The van der Waals surface area contributed by atoms with Crippen LogP contribution in [0.1, 0.15) is 32.8 Å². The van der Waals surface area contributed by atoms with Crippen molar-refractivity contribution in [3.8, 4) is 11.5 Å². The maximum absolute atomic E-state index is 5.48. The molecule has 3 heteroatoms. The molecule has 0 saturated carbocycles. The number of rotatable bonds is 7. The van der Waals surface area contributed by atoms with Gasteiger partial charge in [0.05, 0.1) is 13.7 Å². The smallest absolute Gasteiger partial charge is 0.161 e. The second-order valence-electron chi connectivity index (χ2n) is 4.11. The van der Waals surface area contributed by atoms with Crippen LogP contribution in [0.2, 0.25) is 0 Å². The van der Waals surface area contributed by atoms with Gasteiger partial charge in [0.1, 0.15) is 0 Å². The molecular formula is C14H23NO2. The van der Waals surface area contributed by atoms with Gasteiger partial charge >= 0.3 is 0 Å². The molecule has 0 bridgehead atoms. The number of nitrogens with one attached hydrogen (secondary N) is 1. The van der Waals surface area contributed by atoms with Gasteiger partial charge < -0.3 is 14.8 Å². The molecule has 0 amide bonds. The van der Waals surface area contributed by atoms with Crippen molar-refractivity contribution in [3.05, 3.63) is 23.8 Å². The number of methoxy groups -OCH3 is 1. The summed E-state index contributed by atoms with van der Waals surface area (Å²) in [6.07, 6.45) is 1.13. The Morgan fingerprint density at radius 3 is 2.59 bits per heavy atom. The zero-order chi connectivity index (χ0) is 12.7. The Morgan fingerprint density at radius 2 is 2.00 bits per heavy atom. The molecule has 0 heterocycles. The standard InChI is InChI=1S/C14H23NO2/c1-5-11(3)15-10-12-7-8-13(17-6-2)14(9-12)16-4/h7-9,11,15H,5-6,10H2,1-4H3/t11-/m0/s1. The van der Waals surface area contributed by atoms with Crippen molar-refractivity contribution in [1.82, 2.24) is 5.32 Å². The van der Waals surface area contributed by atoms with Gasteiger partial charge in [-0.2, -0.15) is 0 Å². The van der Waals surface area contributed by atoms with E-state index in [4.69, 9.17) is 9.47 Å². The lowest BCUT2D eigenvalue weighted by molar-refractivity contribution is 0.310. The van der Waals surface area contributed by atoms with Crippen molar-refractivity contribution in [2.24, 2.45) is 0 Å². The molecule has 0 fully saturated rings. The highest BCUT2D eigenvalue weighted by molar-refractivity contribution is 5.42. The molecule has 1 aromatic rings. The average Bonchev–Trinajstić information content (AvgIpc) is 2.37. The first-order chi connectivity index (χ1) is 8.21. The molecule has 96 valence electrons. The Bertz CT molecular complexity index is 339. The van der Waals surface area contributed by atoms with Crippen LogP contribution in [-0.4, -0.2) is 19.8 Å². The van der Waals surface area contributed by atoms with Crippen LogP contribution in [0, 0.1) is 0 Å². The molecule has 0 saturated heterocycles. The zero-order valence-corrected chi connectivity index (χ0v) is 11.2. The van der Waals surface area contributed by atoms with Crippen LogP contribution in [-0.2, 0) is 6.54 Å². The normalized spacial score (nSPS) is 12.2. The van der Waals surface area contributed by atoms with Crippen molar-refractivity contribution < 1.29 is 9.47 Å². The fraction of sp³-hybridized carbons (Fsp3) is 0.571. The van der Waals surface area contributed by atoms with Gasteiger partial charge in [-0.25, -0.2) is 0 Å². The molecular weight excluding hydrogens is 214 g/mol. The van der Waals surface area contributed by atoms with E-state index in [1.165, 1.54) is 5.56 Å². The molecule has 0 aromatic heterocycles. The zero-order valence-electron chi connectivity index (χ0n) is 11.2. The van der Waals surface area contributed by atoms with Crippen LogP contribution in [0.3, 0.4) is 0 Å². The van der Waals surface area contributed by atoms with E-state index in [9.17, 15) is 0 Å². The third-order valence-electron chi connectivity index (χ3n) is 2.79. The summed E-state index contributed by atoms with van der Waals surface area (Å²) in [6, 6.07) is 6.60. The van der Waals surface area contributed by atoms with Gasteiger partial charge in [0.2, 0.25) is 0 Å². The highest BCUT2D eigenvalue weighted by atomic mass is 16.5. The van der Waals surface area contributed by atoms with E-state index in [2.05, 4.69) is 25.2 Å². The van der Waals surface area contributed by atoms with Crippen LogP contribution in [0.15, 0.2) is 18.2 Å². The monoisotopic (exact) mass is 237 g/mol. The van der Waals surface area contributed by atoms with Crippen LogP contribution in [0.4, 0.5) is 0 Å². The largest absolute Gasteiger partial charge is 0.493 e. The summed E-state index contributed by atoms with van der Waals surface area (Å²) in [5.74, 6) is 1.61. The third kappa shape index (κ3) is 4.27. The van der Waals surface area contributed by atoms with Gasteiger partial charge in [0.25, 0.3) is 0 Å². The predicted octanol–water partition coefficient (Wildman–Crippen LogP) is 2.98. The van der Waals surface area contributed by atoms with E-state index in [1.807, 2.05) is 19.1 Å². The Balaban J connectivity index is 2.68. The minimum atomic E-state index is 0.535. The van der Waals surface area contributed by atoms with E-state index >= 15 is 0 Å². The summed E-state index contributed by atoms with van der Waals surface area (Å²) in [5, 5.41) is 3.45. The Kier molecular flexibility index (Phi) is 5.84. The molecule has 0 radical (unpaired) electrons. The summed E-state index contributed by atoms with van der Waals surface area (Å²) < 4.78 is 10.8. The average molecular weight is 237 g/mol. The fourth-order valence-electron chi connectivity index (χ4n) is 1.53. The number of benzene rings is 1. The van der Waals surface area contributed by atoms with E-state index in [0.29, 0.717) is 12.6 Å². The lowest BCUT2D eigenvalue weighted by atomic mass is 10.2. The summed E-state index contributed by atoms with van der Waals surface area (Å²) in [7, 11) is 1.67. The molecule has 1 rings (SSSR count). The first-order valence-electron chi connectivity index (χ1n) is 6.24. The third-order valence-corrected chi connectivity index (χ3v) is 2.79. The van der Waals surface area contributed by atoms with Crippen molar-refractivity contribution in [2.45, 2.75) is 39.8 Å². The molecule has 3 nitrogen and oxygen atoms in total. The fourth-order valence-corrected chi connectivity index (χ4v) is 1.53. The van der Waals surface area contributed by atoms with Crippen molar-refractivity contribution in [1.29, 1.82) is 0 Å². The molecule has 1 atom stereocenters. The van der Waals surface area contributed by atoms with E-state index in [0.717, 1.165) is 24.5 Å². The van der Waals surface area contributed by atoms with Crippen molar-refractivity contribution in [3.63, 3.8) is 0 Å². The molecule has 17 heavy (non-hydrogen) atoms. The van der Waals surface area contributed by atoms with Crippen LogP contribution >= 0.6 is 0 Å². The van der Waals surface area contributed by atoms with Gasteiger partial charge in [-0.05, 0) is 38.0 Å². The van der Waals surface area contributed by atoms with Gasteiger partial charge in [-0.3, -0.25) is 0 Å². The molecule has 0 spiro atoms. The number of ether oxygens (including phenoxy) is 2. The van der Waals surface area contributed by atoms with Crippen molar-refractivity contribution in [2.75, 3.05) is 13.7 Å². The SMILES string of the molecule is CCOc1ccc(CN[C@@H](C)CC)cc1OC. The van der Waals surface area contributed by atoms with E-state index < -0.39 is 0 Å². The van der Waals surface area contributed by atoms with Gasteiger partial charge in [-0.1, -0.05) is 13.0 Å². The molecule has 1 aromatic carbocycles. The van der Waals surface area contributed by atoms with Crippen LogP contribution in [0.25, 0.3) is 0 Å². The second-order valence-corrected chi connectivity index (χ2v) is 4.11. The second kappa shape index (κ2) is 7.17. The molecule has 0 aliphatic rings. The number of hydrogen-bond acceptors (Lipinski definition) is 3. The maximum atomic E-state index is 5.48. The minimum absolute atomic E-state index is 0.535. The minimum Gasteiger partial charge on any atom is -0.493 e. The van der Waals surface area contributed by atoms with Gasteiger partial charge in [-0.15, -0.1) is 0 Å². The topological polar surface area (TPSA) is 30.5 Å². The van der Waals surface area contributed by atoms with Crippen LogP contribution < -0.4 is 14.8 Å². The molecule has 0 aliphatic carbocycles. The highest BCUT2D eigenvalue weighted by Crippen LogP contribution is 2.27.